The third-order valence-electron chi connectivity index (χ3n) is 2.88. The summed E-state index contributed by atoms with van der Waals surface area (Å²) in [6.45, 7) is 11.7. The molecule has 1 heterocycles. The number of rotatable bonds is 5. The third-order valence-corrected chi connectivity index (χ3v) is 3.96. The van der Waals surface area contributed by atoms with Crippen molar-refractivity contribution >= 4 is 11.3 Å². The zero-order valence-corrected chi connectivity index (χ0v) is 12.6. The Morgan fingerprint density at radius 2 is 2.00 bits per heavy atom. The quantitative estimate of drug-likeness (QED) is 0.865. The lowest BCUT2D eigenvalue weighted by molar-refractivity contribution is -0.0343. The largest absolute Gasteiger partial charge is 0.376 e. The van der Waals surface area contributed by atoms with Crippen LogP contribution in [0.25, 0.3) is 0 Å². The van der Waals surface area contributed by atoms with E-state index in [0.717, 1.165) is 6.61 Å². The van der Waals surface area contributed by atoms with E-state index in [1.165, 1.54) is 9.75 Å². The van der Waals surface area contributed by atoms with Crippen molar-refractivity contribution in [3.05, 3.63) is 21.9 Å². The molecule has 1 rings (SSSR count). The van der Waals surface area contributed by atoms with Gasteiger partial charge in [0.25, 0.3) is 0 Å². The van der Waals surface area contributed by atoms with E-state index in [1.54, 1.807) is 0 Å². The first-order valence-corrected chi connectivity index (χ1v) is 7.07. The van der Waals surface area contributed by atoms with Gasteiger partial charge in [-0.05, 0) is 38.4 Å². The molecule has 0 saturated carbocycles. The Labute approximate surface area is 109 Å². The van der Waals surface area contributed by atoms with Crippen molar-refractivity contribution < 1.29 is 4.74 Å². The molecule has 1 N–H and O–H groups in total. The van der Waals surface area contributed by atoms with Crippen molar-refractivity contribution in [3.8, 4) is 0 Å². The van der Waals surface area contributed by atoms with Gasteiger partial charge in [0.15, 0.2) is 0 Å². The minimum Gasteiger partial charge on any atom is -0.376 e. The number of hydrogen-bond donors (Lipinski definition) is 1. The van der Waals surface area contributed by atoms with Crippen molar-refractivity contribution in [3.63, 3.8) is 0 Å². The fourth-order valence-electron chi connectivity index (χ4n) is 2.09. The van der Waals surface area contributed by atoms with Gasteiger partial charge in [-0.1, -0.05) is 20.8 Å². The SMILES string of the molecule is CCOC(C(NC)c1ccc(C)s1)C(C)(C)C. The van der Waals surface area contributed by atoms with Crippen LogP contribution in [-0.2, 0) is 4.74 Å². The van der Waals surface area contributed by atoms with Crippen LogP contribution >= 0.6 is 11.3 Å². The Bertz CT molecular complexity index is 340. The van der Waals surface area contributed by atoms with Gasteiger partial charge in [0.2, 0.25) is 0 Å². The van der Waals surface area contributed by atoms with Crippen LogP contribution < -0.4 is 5.32 Å². The van der Waals surface area contributed by atoms with Gasteiger partial charge in [0, 0.05) is 16.4 Å². The number of thiophene rings is 1. The first-order chi connectivity index (χ1) is 7.90. The molecule has 1 aromatic heterocycles. The Balaban J connectivity index is 2.97. The van der Waals surface area contributed by atoms with E-state index in [0.29, 0.717) is 0 Å². The lowest BCUT2D eigenvalue weighted by atomic mass is 9.84. The van der Waals surface area contributed by atoms with Crippen LogP contribution in [0.1, 0.15) is 43.5 Å². The molecule has 2 unspecified atom stereocenters. The summed E-state index contributed by atoms with van der Waals surface area (Å²) >= 11 is 1.85. The normalized spacial score (nSPS) is 15.9. The van der Waals surface area contributed by atoms with E-state index < -0.39 is 0 Å². The molecule has 0 fully saturated rings. The van der Waals surface area contributed by atoms with Crippen LogP contribution in [0.5, 0.6) is 0 Å². The summed E-state index contributed by atoms with van der Waals surface area (Å²) < 4.78 is 5.97. The zero-order chi connectivity index (χ0) is 13.1. The highest BCUT2D eigenvalue weighted by Crippen LogP contribution is 2.35. The van der Waals surface area contributed by atoms with Gasteiger partial charge in [0.05, 0.1) is 12.1 Å². The predicted octanol–water partition coefficient (Wildman–Crippen LogP) is 3.77. The zero-order valence-electron chi connectivity index (χ0n) is 11.8. The molecule has 0 aliphatic heterocycles. The second-order valence-corrected chi connectivity index (χ2v) is 6.78. The van der Waals surface area contributed by atoms with Crippen molar-refractivity contribution in [1.29, 1.82) is 0 Å². The number of nitrogens with one attached hydrogen (secondary N) is 1. The summed E-state index contributed by atoms with van der Waals surface area (Å²) in [4.78, 5) is 2.71. The molecular formula is C14H25NOS. The van der Waals surface area contributed by atoms with Crippen molar-refractivity contribution in [2.75, 3.05) is 13.7 Å². The lowest BCUT2D eigenvalue weighted by Gasteiger charge is -2.36. The molecular weight excluding hydrogens is 230 g/mol. The molecule has 98 valence electrons. The van der Waals surface area contributed by atoms with Crippen LogP contribution in [0.2, 0.25) is 0 Å². The maximum atomic E-state index is 5.97. The van der Waals surface area contributed by atoms with Crippen molar-refractivity contribution in [2.45, 2.75) is 46.8 Å². The number of ether oxygens (including phenoxy) is 1. The summed E-state index contributed by atoms with van der Waals surface area (Å²) in [5.41, 5.74) is 0.127. The van der Waals surface area contributed by atoms with Gasteiger partial charge >= 0.3 is 0 Å². The van der Waals surface area contributed by atoms with Crippen LogP contribution in [0.4, 0.5) is 0 Å². The maximum Gasteiger partial charge on any atom is 0.0825 e. The average Bonchev–Trinajstić information content (AvgIpc) is 2.63. The molecule has 0 saturated heterocycles. The Hall–Kier alpha value is -0.380. The second kappa shape index (κ2) is 5.98. The van der Waals surface area contributed by atoms with Gasteiger partial charge in [-0.15, -0.1) is 11.3 Å². The molecule has 0 bridgehead atoms. The highest BCUT2D eigenvalue weighted by molar-refractivity contribution is 7.12. The fraction of sp³-hybridized carbons (Fsp3) is 0.714. The third kappa shape index (κ3) is 3.80. The van der Waals surface area contributed by atoms with Gasteiger partial charge in [-0.2, -0.15) is 0 Å². The number of aryl methyl sites for hydroxylation is 1. The minimum atomic E-state index is 0.127. The monoisotopic (exact) mass is 255 g/mol. The lowest BCUT2D eigenvalue weighted by Crippen LogP contribution is -2.40. The fourth-order valence-corrected chi connectivity index (χ4v) is 3.10. The second-order valence-electron chi connectivity index (χ2n) is 5.46. The molecule has 0 radical (unpaired) electrons. The average molecular weight is 255 g/mol. The molecule has 0 amide bonds. The molecule has 0 spiro atoms. The maximum absolute atomic E-state index is 5.97. The summed E-state index contributed by atoms with van der Waals surface area (Å²) in [7, 11) is 2.01. The molecule has 1 aromatic rings. The Kier molecular flexibility index (Phi) is 5.17. The van der Waals surface area contributed by atoms with E-state index in [4.69, 9.17) is 4.74 Å². The van der Waals surface area contributed by atoms with Gasteiger partial charge in [-0.3, -0.25) is 0 Å². The smallest absolute Gasteiger partial charge is 0.0825 e. The summed E-state index contributed by atoms with van der Waals surface area (Å²) in [6.07, 6.45) is 0.190. The minimum absolute atomic E-state index is 0.127. The molecule has 3 heteroatoms. The standard InChI is InChI=1S/C14H25NOS/c1-7-16-13(14(3,4)5)12(15-6)11-9-8-10(2)17-11/h8-9,12-13,15H,7H2,1-6H3. The number of hydrogen-bond acceptors (Lipinski definition) is 3. The number of likely N-dealkylation sites (N-methyl/N-ethyl adjacent to an activating group) is 1. The van der Waals surface area contributed by atoms with E-state index in [1.807, 2.05) is 18.4 Å². The molecule has 2 nitrogen and oxygen atoms in total. The van der Waals surface area contributed by atoms with Crippen LogP contribution in [0, 0.1) is 12.3 Å². The first kappa shape index (κ1) is 14.7. The van der Waals surface area contributed by atoms with E-state index in [2.05, 4.69) is 52.1 Å². The Morgan fingerprint density at radius 3 is 2.35 bits per heavy atom. The van der Waals surface area contributed by atoms with E-state index >= 15 is 0 Å². The van der Waals surface area contributed by atoms with Crippen LogP contribution in [0.3, 0.4) is 0 Å². The summed E-state index contributed by atoms with van der Waals surface area (Å²) in [5.74, 6) is 0. The molecule has 2 atom stereocenters. The topological polar surface area (TPSA) is 21.3 Å². The van der Waals surface area contributed by atoms with E-state index in [-0.39, 0.29) is 17.6 Å². The van der Waals surface area contributed by atoms with Gasteiger partial charge in [-0.25, -0.2) is 0 Å². The van der Waals surface area contributed by atoms with Crippen molar-refractivity contribution in [2.24, 2.45) is 5.41 Å². The van der Waals surface area contributed by atoms with Crippen molar-refractivity contribution in [1.82, 2.24) is 5.32 Å². The Morgan fingerprint density at radius 1 is 1.35 bits per heavy atom. The van der Waals surface area contributed by atoms with Gasteiger partial charge in [0.1, 0.15) is 0 Å². The highest BCUT2D eigenvalue weighted by Gasteiger charge is 2.33. The molecule has 0 aromatic carbocycles. The van der Waals surface area contributed by atoms with Gasteiger partial charge < -0.3 is 10.1 Å². The molecule has 17 heavy (non-hydrogen) atoms. The van der Waals surface area contributed by atoms with E-state index in [9.17, 15) is 0 Å². The van der Waals surface area contributed by atoms with Crippen LogP contribution in [0.15, 0.2) is 12.1 Å². The molecule has 0 aliphatic carbocycles. The summed E-state index contributed by atoms with van der Waals surface area (Å²) in [6, 6.07) is 4.66. The highest BCUT2D eigenvalue weighted by atomic mass is 32.1. The summed E-state index contributed by atoms with van der Waals surface area (Å²) in [5, 5.41) is 3.41. The molecule has 0 aliphatic rings. The first-order valence-electron chi connectivity index (χ1n) is 6.25. The predicted molar refractivity (Wildman–Crippen MR) is 75.7 cm³/mol. The van der Waals surface area contributed by atoms with Crippen LogP contribution in [-0.4, -0.2) is 19.8 Å².